The van der Waals surface area contributed by atoms with Gasteiger partial charge in [-0.25, -0.2) is 4.39 Å². The number of hydrogen-bond donors (Lipinski definition) is 1. The van der Waals surface area contributed by atoms with Gasteiger partial charge in [0.25, 0.3) is 0 Å². The van der Waals surface area contributed by atoms with Crippen molar-refractivity contribution in [3.8, 4) is 0 Å². The van der Waals surface area contributed by atoms with Crippen molar-refractivity contribution in [2.45, 2.75) is 38.7 Å². The molecule has 1 saturated heterocycles. The van der Waals surface area contributed by atoms with Crippen molar-refractivity contribution >= 4 is 0 Å². The second-order valence-electron chi connectivity index (χ2n) is 3.79. The maximum atomic E-state index is 13.2. The molecular weight excluding hydrogens is 199 g/mol. The summed E-state index contributed by atoms with van der Waals surface area (Å²) in [6.07, 6.45) is 0.490. The van der Waals surface area contributed by atoms with E-state index in [0.29, 0.717) is 13.2 Å². The summed E-state index contributed by atoms with van der Waals surface area (Å²) >= 11 is 0. The van der Waals surface area contributed by atoms with Gasteiger partial charge in [-0.2, -0.15) is 0 Å². The second-order valence-corrected chi connectivity index (χ2v) is 3.79. The van der Waals surface area contributed by atoms with Crippen LogP contribution in [0.15, 0.2) is 10.6 Å². The number of aryl methyl sites for hydroxylation is 1. The lowest BCUT2D eigenvalue weighted by Crippen LogP contribution is -2.41. The Balaban J connectivity index is 1.81. The fourth-order valence-electron chi connectivity index (χ4n) is 1.67. The molecule has 1 aliphatic rings. The van der Waals surface area contributed by atoms with E-state index < -0.39 is 6.36 Å². The van der Waals surface area contributed by atoms with Gasteiger partial charge in [-0.05, 0) is 19.8 Å². The number of rotatable bonds is 3. The molecule has 1 aliphatic heterocycles. The quantitative estimate of drug-likeness (QED) is 0.829. The Labute approximate surface area is 87.8 Å². The molecule has 1 aromatic heterocycles. The highest BCUT2D eigenvalue weighted by molar-refractivity contribution is 5.02. The molecule has 4 nitrogen and oxygen atoms in total. The molecule has 0 bridgehead atoms. The van der Waals surface area contributed by atoms with Crippen LogP contribution in [0, 0.1) is 6.92 Å². The van der Waals surface area contributed by atoms with Crippen molar-refractivity contribution in [2.75, 3.05) is 6.61 Å². The average Bonchev–Trinajstić information content (AvgIpc) is 2.63. The van der Waals surface area contributed by atoms with E-state index in [1.54, 1.807) is 0 Å². The van der Waals surface area contributed by atoms with Gasteiger partial charge in [-0.15, -0.1) is 0 Å². The first-order valence-electron chi connectivity index (χ1n) is 5.17. The maximum absolute atomic E-state index is 13.2. The Morgan fingerprint density at radius 2 is 2.53 bits per heavy atom. The van der Waals surface area contributed by atoms with Gasteiger partial charge in [0.15, 0.2) is 5.76 Å². The molecule has 1 aromatic rings. The van der Waals surface area contributed by atoms with Gasteiger partial charge in [0.1, 0.15) is 0 Å². The topological polar surface area (TPSA) is 47.3 Å². The summed E-state index contributed by atoms with van der Waals surface area (Å²) in [6, 6.07) is 1.60. The molecular formula is C10H15FN2O2. The maximum Gasteiger partial charge on any atom is 0.214 e. The van der Waals surface area contributed by atoms with Gasteiger partial charge < -0.3 is 14.6 Å². The molecule has 0 saturated carbocycles. The monoisotopic (exact) mass is 214 g/mol. The number of alkyl halides is 1. The van der Waals surface area contributed by atoms with Crippen LogP contribution in [-0.4, -0.2) is 24.2 Å². The Morgan fingerprint density at radius 3 is 3.20 bits per heavy atom. The summed E-state index contributed by atoms with van der Waals surface area (Å²) in [5.41, 5.74) is 0.837. The van der Waals surface area contributed by atoms with E-state index in [4.69, 9.17) is 9.26 Å². The van der Waals surface area contributed by atoms with Crippen LogP contribution >= 0.6 is 0 Å². The number of aromatic nitrogens is 1. The molecule has 0 radical (unpaired) electrons. The van der Waals surface area contributed by atoms with Crippen LogP contribution in [0.4, 0.5) is 4.39 Å². The number of ether oxygens (including phenoxy) is 1. The molecule has 84 valence electrons. The minimum Gasteiger partial charge on any atom is -0.360 e. The summed E-state index contributed by atoms with van der Waals surface area (Å²) in [7, 11) is 0. The van der Waals surface area contributed by atoms with E-state index in [1.807, 2.05) is 13.0 Å². The average molecular weight is 214 g/mol. The van der Waals surface area contributed by atoms with E-state index in [1.165, 1.54) is 0 Å². The molecule has 2 unspecified atom stereocenters. The SMILES string of the molecule is Cc1cc(CNC2CCCOC2F)on1. The standard InChI is InChI=1S/C10H15FN2O2/c1-7-5-8(15-13-7)6-12-9-3-2-4-14-10(9)11/h5,9-10,12H,2-4,6H2,1H3. The van der Waals surface area contributed by atoms with Crippen LogP contribution in [-0.2, 0) is 11.3 Å². The third-order valence-electron chi connectivity index (χ3n) is 2.47. The summed E-state index contributed by atoms with van der Waals surface area (Å²) < 4.78 is 23.1. The minimum absolute atomic E-state index is 0.232. The van der Waals surface area contributed by atoms with E-state index >= 15 is 0 Å². The van der Waals surface area contributed by atoms with Crippen LogP contribution in [0.3, 0.4) is 0 Å². The highest BCUT2D eigenvalue weighted by atomic mass is 19.1. The molecule has 0 amide bonds. The van der Waals surface area contributed by atoms with E-state index in [0.717, 1.165) is 24.3 Å². The Kier molecular flexibility index (Phi) is 3.33. The summed E-state index contributed by atoms with van der Waals surface area (Å²) in [5.74, 6) is 0.727. The van der Waals surface area contributed by atoms with E-state index in [9.17, 15) is 4.39 Å². The highest BCUT2D eigenvalue weighted by Gasteiger charge is 2.25. The summed E-state index contributed by atoms with van der Waals surface area (Å²) in [5, 5.41) is 6.83. The van der Waals surface area contributed by atoms with Gasteiger partial charge in [0, 0.05) is 6.07 Å². The third kappa shape index (κ3) is 2.76. The largest absolute Gasteiger partial charge is 0.360 e. The lowest BCUT2D eigenvalue weighted by Gasteiger charge is -2.26. The van der Waals surface area contributed by atoms with E-state index in [2.05, 4.69) is 10.5 Å². The zero-order valence-electron chi connectivity index (χ0n) is 8.70. The fraction of sp³-hybridized carbons (Fsp3) is 0.700. The zero-order chi connectivity index (χ0) is 10.7. The molecule has 2 atom stereocenters. The van der Waals surface area contributed by atoms with Gasteiger partial charge >= 0.3 is 0 Å². The molecule has 1 fully saturated rings. The van der Waals surface area contributed by atoms with Crippen molar-refractivity contribution in [3.05, 3.63) is 17.5 Å². The van der Waals surface area contributed by atoms with Crippen LogP contribution in [0.25, 0.3) is 0 Å². The molecule has 1 N–H and O–H groups in total. The summed E-state index contributed by atoms with van der Waals surface area (Å²) in [6.45, 7) is 2.87. The molecule has 15 heavy (non-hydrogen) atoms. The second kappa shape index (κ2) is 4.72. The van der Waals surface area contributed by atoms with Crippen LogP contribution in [0.1, 0.15) is 24.3 Å². The van der Waals surface area contributed by atoms with Crippen molar-refractivity contribution in [3.63, 3.8) is 0 Å². The van der Waals surface area contributed by atoms with Crippen molar-refractivity contribution in [1.82, 2.24) is 10.5 Å². The summed E-state index contributed by atoms with van der Waals surface area (Å²) in [4.78, 5) is 0. The van der Waals surface area contributed by atoms with Crippen molar-refractivity contribution in [1.29, 1.82) is 0 Å². The Hall–Kier alpha value is -0.940. The highest BCUT2D eigenvalue weighted by Crippen LogP contribution is 2.15. The lowest BCUT2D eigenvalue weighted by molar-refractivity contribution is -0.0900. The molecule has 2 heterocycles. The van der Waals surface area contributed by atoms with Crippen LogP contribution in [0.2, 0.25) is 0 Å². The molecule has 0 aliphatic carbocycles. The number of halogens is 1. The third-order valence-corrected chi connectivity index (χ3v) is 2.47. The van der Waals surface area contributed by atoms with Gasteiger partial charge in [-0.3, -0.25) is 0 Å². The van der Waals surface area contributed by atoms with Gasteiger partial charge in [0.2, 0.25) is 6.36 Å². The molecule has 0 spiro atoms. The predicted octanol–water partition coefficient (Wildman–Crippen LogP) is 1.55. The number of nitrogens with one attached hydrogen (secondary N) is 1. The smallest absolute Gasteiger partial charge is 0.214 e. The molecule has 5 heteroatoms. The van der Waals surface area contributed by atoms with Crippen LogP contribution < -0.4 is 5.32 Å². The first kappa shape index (κ1) is 10.6. The Morgan fingerprint density at radius 1 is 1.67 bits per heavy atom. The van der Waals surface area contributed by atoms with Gasteiger partial charge in [-0.1, -0.05) is 5.16 Å². The first-order valence-corrected chi connectivity index (χ1v) is 5.17. The predicted molar refractivity (Wildman–Crippen MR) is 51.9 cm³/mol. The van der Waals surface area contributed by atoms with Gasteiger partial charge in [0.05, 0.1) is 24.9 Å². The number of nitrogens with zero attached hydrogens (tertiary/aromatic N) is 1. The van der Waals surface area contributed by atoms with Crippen LogP contribution in [0.5, 0.6) is 0 Å². The van der Waals surface area contributed by atoms with E-state index in [-0.39, 0.29) is 6.04 Å². The zero-order valence-corrected chi connectivity index (χ0v) is 8.70. The number of hydrogen-bond acceptors (Lipinski definition) is 4. The lowest BCUT2D eigenvalue weighted by atomic mass is 10.1. The minimum atomic E-state index is -1.21. The first-order chi connectivity index (χ1) is 7.25. The molecule has 0 aromatic carbocycles. The van der Waals surface area contributed by atoms with Crippen molar-refractivity contribution < 1.29 is 13.7 Å². The van der Waals surface area contributed by atoms with Crippen molar-refractivity contribution in [2.24, 2.45) is 0 Å². The molecule has 2 rings (SSSR count). The Bertz CT molecular complexity index is 316. The fourth-order valence-corrected chi connectivity index (χ4v) is 1.67. The normalized spacial score (nSPS) is 26.8.